The molecule has 63 heavy (non-hydrogen) atoms. The van der Waals surface area contributed by atoms with E-state index in [-0.39, 0.29) is 41.7 Å². The lowest BCUT2D eigenvalue weighted by Crippen LogP contribution is -2.82. The maximum atomic E-state index is 15.6. The fraction of sp³-hybridized carbons (Fsp3) is 0.532. The minimum atomic E-state index is -2.40. The molecule has 4 N–H and O–H groups in total. The van der Waals surface area contributed by atoms with Gasteiger partial charge >= 0.3 is 30.0 Å². The maximum absolute atomic E-state index is 15.6. The van der Waals surface area contributed by atoms with Crippen LogP contribution in [0.5, 0.6) is 0 Å². The van der Waals surface area contributed by atoms with Crippen molar-refractivity contribution in [3.8, 4) is 0 Å². The first-order valence-electron chi connectivity index (χ1n) is 21.0. The molecule has 2 aromatic rings. The Labute approximate surface area is 364 Å². The standard InChI is InChI=1S/C47H55NO15/c1-24-29-22-47(57)39(61-40(54)27-16-10-9-11-17-27)37-45(8,38(53)36(59-25(2)49)33(24)44(47,6)7)30(50)21-31-46(37,23-58-31)62-32(51)20-14-18-26-15-12-13-19-28(26)34(35(52)41(55)60-29)48-42(56)63-43(3,4)5/h9-19,29-31,34-37,39,50,52,57H,20-23H2,1-8H3,(H,48,56)/b18-14+/t29-,30-,31+,34-,35+,36+,37-,39-,45+,46-,47+/m0/s1. The summed E-state index contributed by atoms with van der Waals surface area (Å²) in [5.41, 5.74) is -8.11. The molecule has 4 bridgehead atoms. The summed E-state index contributed by atoms with van der Waals surface area (Å²) in [5, 5.41) is 40.5. The summed E-state index contributed by atoms with van der Waals surface area (Å²) in [5.74, 6) is -6.35. The predicted molar refractivity (Wildman–Crippen MR) is 221 cm³/mol. The van der Waals surface area contributed by atoms with E-state index in [0.717, 1.165) is 6.92 Å². The number of carbonyl (C=O) groups excluding carboxylic acids is 6. The van der Waals surface area contributed by atoms with Gasteiger partial charge in [-0.3, -0.25) is 14.4 Å². The first-order chi connectivity index (χ1) is 29.5. The van der Waals surface area contributed by atoms with Gasteiger partial charge in [0.05, 0.1) is 42.1 Å². The number of alkyl carbamates (subject to hydrolysis) is 1. The lowest BCUT2D eigenvalue weighted by molar-refractivity contribution is -0.346. The molecule has 3 fully saturated rings. The Morgan fingerprint density at radius 3 is 2.24 bits per heavy atom. The highest BCUT2D eigenvalue weighted by atomic mass is 16.6. The number of amides is 1. The summed E-state index contributed by atoms with van der Waals surface area (Å²) in [7, 11) is 0. The van der Waals surface area contributed by atoms with Crippen molar-refractivity contribution in [1.29, 1.82) is 0 Å². The van der Waals surface area contributed by atoms with Crippen LogP contribution < -0.4 is 5.32 Å². The number of hydrogen-bond acceptors (Lipinski definition) is 15. The van der Waals surface area contributed by atoms with Gasteiger partial charge in [-0.05, 0) is 69.0 Å². The molecule has 0 unspecified atom stereocenters. The molecular formula is C47H55NO15. The van der Waals surface area contributed by atoms with E-state index in [1.807, 2.05) is 0 Å². The molecule has 0 radical (unpaired) electrons. The number of carbonyl (C=O) groups is 6. The molecule has 2 saturated carbocycles. The molecule has 16 heteroatoms. The highest BCUT2D eigenvalue weighted by Gasteiger charge is 2.78. The van der Waals surface area contributed by atoms with Crippen LogP contribution >= 0.6 is 0 Å². The van der Waals surface area contributed by atoms with Crippen LogP contribution in [0, 0.1) is 16.7 Å². The summed E-state index contributed by atoms with van der Waals surface area (Å²) in [6.45, 7) is 11.7. The van der Waals surface area contributed by atoms with Crippen LogP contribution in [0.1, 0.15) is 102 Å². The number of aliphatic hydroxyl groups excluding tert-OH is 2. The third-order valence-corrected chi connectivity index (χ3v) is 13.6. The van der Waals surface area contributed by atoms with Crippen molar-refractivity contribution in [3.05, 3.63) is 88.5 Å². The zero-order chi connectivity index (χ0) is 46.0. The molecule has 1 amide bonds. The SMILES string of the molecule is CC(=O)O[C@H]1C(=O)[C@@]2(C)[C@@H]3[C@H](OC(=O)c4ccccc4)[C@]4(O)C[C@H](OC(=O)[C@H](O)[C@@H](NC(=O)OC(C)(C)C)c5ccccc5/C=C/CC(=O)O[C@]35CO[C@@H]5C[C@@H]2O)C(C)=C1C4(C)C. The minimum absolute atomic E-state index is 0.00899. The number of fused-ring (bicyclic) bond motifs is 3. The third kappa shape index (κ3) is 7.74. The predicted octanol–water partition coefficient (Wildman–Crippen LogP) is 4.23. The zero-order valence-corrected chi connectivity index (χ0v) is 36.5. The Morgan fingerprint density at radius 2 is 1.60 bits per heavy atom. The van der Waals surface area contributed by atoms with Crippen molar-refractivity contribution in [2.45, 2.75) is 134 Å². The van der Waals surface area contributed by atoms with E-state index >= 15 is 4.79 Å². The summed E-state index contributed by atoms with van der Waals surface area (Å²) in [6, 6.07) is 12.8. The summed E-state index contributed by atoms with van der Waals surface area (Å²) in [4.78, 5) is 85.0. The Balaban J connectivity index is 1.50. The number of ketones is 1. The normalized spacial score (nSPS) is 35.5. The van der Waals surface area contributed by atoms with Gasteiger partial charge in [-0.25, -0.2) is 14.4 Å². The zero-order valence-electron chi connectivity index (χ0n) is 36.5. The molecule has 1 spiro atoms. The molecule has 3 aliphatic carbocycles. The van der Waals surface area contributed by atoms with Gasteiger partial charge in [-0.2, -0.15) is 0 Å². The second-order valence-electron chi connectivity index (χ2n) is 18.9. The van der Waals surface area contributed by atoms with E-state index in [9.17, 15) is 39.3 Å². The summed E-state index contributed by atoms with van der Waals surface area (Å²) < 4.78 is 36.3. The lowest BCUT2D eigenvalue weighted by atomic mass is 9.44. The third-order valence-electron chi connectivity index (χ3n) is 13.6. The van der Waals surface area contributed by atoms with Gasteiger partial charge in [0.2, 0.25) is 0 Å². The van der Waals surface area contributed by atoms with E-state index in [1.54, 1.807) is 83.2 Å². The minimum Gasteiger partial charge on any atom is -0.456 e. The number of benzene rings is 2. The average molecular weight is 874 g/mol. The quantitative estimate of drug-likeness (QED) is 0.191. The van der Waals surface area contributed by atoms with Crippen molar-refractivity contribution in [2.24, 2.45) is 16.7 Å². The molecular weight excluding hydrogens is 819 g/mol. The highest BCUT2D eigenvalue weighted by molar-refractivity contribution is 5.95. The first kappa shape index (κ1) is 45.6. The molecule has 0 aromatic heterocycles. The van der Waals surface area contributed by atoms with Crippen molar-refractivity contribution in [1.82, 2.24) is 5.32 Å². The Morgan fingerprint density at radius 1 is 0.937 bits per heavy atom. The molecule has 11 atom stereocenters. The van der Waals surface area contributed by atoms with Crippen LogP contribution in [0.3, 0.4) is 0 Å². The molecule has 1 saturated heterocycles. The molecule has 338 valence electrons. The van der Waals surface area contributed by atoms with Gasteiger partial charge in [0.25, 0.3) is 0 Å². The Bertz CT molecular complexity index is 2260. The molecule has 2 heterocycles. The average Bonchev–Trinajstić information content (AvgIpc) is 3.20. The van der Waals surface area contributed by atoms with Gasteiger partial charge in [0.15, 0.2) is 23.6 Å². The van der Waals surface area contributed by atoms with E-state index in [1.165, 1.54) is 32.1 Å². The van der Waals surface area contributed by atoms with Crippen LogP contribution in [-0.2, 0) is 47.6 Å². The number of aliphatic hydroxyl groups is 3. The van der Waals surface area contributed by atoms with E-state index < -0.39 is 118 Å². The van der Waals surface area contributed by atoms with Crippen LogP contribution in [0.4, 0.5) is 4.79 Å². The van der Waals surface area contributed by atoms with E-state index in [2.05, 4.69) is 5.32 Å². The number of ether oxygens (including phenoxy) is 6. The van der Waals surface area contributed by atoms with Crippen molar-refractivity contribution in [3.63, 3.8) is 0 Å². The van der Waals surface area contributed by atoms with Crippen molar-refractivity contribution >= 4 is 41.8 Å². The van der Waals surface area contributed by atoms with Gasteiger partial charge in [-0.1, -0.05) is 68.5 Å². The Hall–Kier alpha value is -5.42. The topological polar surface area (TPSA) is 231 Å². The maximum Gasteiger partial charge on any atom is 0.408 e. The molecule has 5 aliphatic rings. The molecule has 7 rings (SSSR count). The van der Waals surface area contributed by atoms with Crippen molar-refractivity contribution in [2.75, 3.05) is 6.61 Å². The van der Waals surface area contributed by atoms with Gasteiger partial charge in [0.1, 0.15) is 29.5 Å². The summed E-state index contributed by atoms with van der Waals surface area (Å²) in [6.07, 6.45) is -9.10. The van der Waals surface area contributed by atoms with Crippen LogP contribution in [0.2, 0.25) is 0 Å². The molecule has 2 aromatic carbocycles. The highest BCUT2D eigenvalue weighted by Crippen LogP contribution is 2.64. The fourth-order valence-corrected chi connectivity index (χ4v) is 10.3. The fourth-order valence-electron chi connectivity index (χ4n) is 10.3. The smallest absolute Gasteiger partial charge is 0.408 e. The first-order valence-corrected chi connectivity index (χ1v) is 21.0. The van der Waals surface area contributed by atoms with Crippen LogP contribution in [0.25, 0.3) is 6.08 Å². The van der Waals surface area contributed by atoms with E-state index in [4.69, 9.17) is 28.4 Å². The number of nitrogens with one attached hydrogen (secondary N) is 1. The largest absolute Gasteiger partial charge is 0.456 e. The Kier molecular flexibility index (Phi) is 11.8. The number of hydrogen-bond donors (Lipinski definition) is 4. The second kappa shape index (κ2) is 16.3. The number of esters is 4. The van der Waals surface area contributed by atoms with Gasteiger partial charge in [0, 0.05) is 25.2 Å². The van der Waals surface area contributed by atoms with E-state index in [0.29, 0.717) is 5.56 Å². The number of Topliss-reactive ketones (excluding diaryl/α,β-unsaturated/α-hetero) is 1. The monoisotopic (exact) mass is 873 g/mol. The van der Waals surface area contributed by atoms with Gasteiger partial charge < -0.3 is 49.1 Å². The second-order valence-corrected chi connectivity index (χ2v) is 18.9. The lowest BCUT2D eigenvalue weighted by Gasteiger charge is -2.67. The molecule has 2 aliphatic heterocycles. The van der Waals surface area contributed by atoms with Crippen molar-refractivity contribution < 1.29 is 72.5 Å². The number of rotatable bonds is 4. The van der Waals surface area contributed by atoms with Crippen LogP contribution in [0.15, 0.2) is 71.8 Å². The molecule has 16 nitrogen and oxygen atoms in total. The van der Waals surface area contributed by atoms with Crippen LogP contribution in [-0.4, -0.2) is 111 Å². The summed E-state index contributed by atoms with van der Waals surface area (Å²) >= 11 is 0. The van der Waals surface area contributed by atoms with Gasteiger partial charge in [-0.15, -0.1) is 0 Å².